The van der Waals surface area contributed by atoms with Crippen LogP contribution in [-0.2, 0) is 14.3 Å². The molecule has 2 unspecified atom stereocenters. The molecule has 0 heterocycles. The summed E-state index contributed by atoms with van der Waals surface area (Å²) in [4.78, 5) is 24.6. The van der Waals surface area contributed by atoms with E-state index in [1.54, 1.807) is 0 Å². The van der Waals surface area contributed by atoms with Crippen LogP contribution >= 0.6 is 0 Å². The maximum absolute atomic E-state index is 12.5. The fourth-order valence-corrected chi connectivity index (χ4v) is 11.7. The first-order valence-electron chi connectivity index (χ1n) is 35.8. The summed E-state index contributed by atoms with van der Waals surface area (Å²) in [5.41, 5.74) is 0. The smallest absolute Gasteiger partial charge is 0.305 e. The van der Waals surface area contributed by atoms with Crippen LogP contribution < -0.4 is 5.32 Å². The van der Waals surface area contributed by atoms with Crippen molar-refractivity contribution in [3.8, 4) is 0 Å². The van der Waals surface area contributed by atoms with Gasteiger partial charge in [0.2, 0.25) is 5.91 Å². The van der Waals surface area contributed by atoms with Crippen molar-refractivity contribution in [2.75, 3.05) is 13.2 Å². The minimum absolute atomic E-state index is 0.0205. The highest BCUT2D eigenvalue weighted by Gasteiger charge is 2.20. The molecule has 3 N–H and O–H groups in total. The van der Waals surface area contributed by atoms with Gasteiger partial charge in [-0.15, -0.1) is 0 Å². The van der Waals surface area contributed by atoms with E-state index in [0.29, 0.717) is 25.9 Å². The minimum atomic E-state index is -0.663. The second kappa shape index (κ2) is 67.4. The predicted octanol–water partition coefficient (Wildman–Crippen LogP) is 23.0. The van der Waals surface area contributed by atoms with Gasteiger partial charge < -0.3 is 20.3 Å². The Morgan fingerprint density at radius 3 is 0.792 bits per heavy atom. The number of unbranched alkanes of at least 4 members (excludes halogenated alkanes) is 57. The van der Waals surface area contributed by atoms with E-state index in [-0.39, 0.29) is 18.5 Å². The summed E-state index contributed by atoms with van der Waals surface area (Å²) in [7, 11) is 0. The van der Waals surface area contributed by atoms with Crippen LogP contribution in [0.1, 0.15) is 418 Å². The molecule has 460 valence electrons. The lowest BCUT2D eigenvalue weighted by Crippen LogP contribution is -2.45. The number of rotatable bonds is 68. The zero-order valence-electron chi connectivity index (χ0n) is 52.7. The minimum Gasteiger partial charge on any atom is -0.466 e. The summed E-state index contributed by atoms with van der Waals surface area (Å²) < 4.78 is 5.50. The number of carbonyl (C=O) groups excluding carboxylic acids is 2. The molecule has 0 bridgehead atoms. The molecular weight excluding hydrogens is 947 g/mol. The number of aliphatic hydroxyl groups excluding tert-OH is 2. The third kappa shape index (κ3) is 63.9. The van der Waals surface area contributed by atoms with Gasteiger partial charge in [-0.25, -0.2) is 0 Å². The van der Waals surface area contributed by atoms with Crippen molar-refractivity contribution in [2.24, 2.45) is 0 Å². The number of hydrogen-bond donors (Lipinski definition) is 3. The SMILES string of the molecule is CCCCCCCCCCCCCCCCCCCCCCC(O)C(CO)NC(=O)CCCCCCCCCCCCCCCCCCCCCCCCCCOC(=O)CCCCCCCCCCCCCCCCCC. The number of nitrogens with one attached hydrogen (secondary N) is 1. The Labute approximate surface area is 483 Å². The summed E-state index contributed by atoms with van der Waals surface area (Å²) in [6, 6.07) is -0.540. The molecule has 1 amide bonds. The summed E-state index contributed by atoms with van der Waals surface area (Å²) in [5, 5.41) is 23.4. The highest BCUT2D eigenvalue weighted by atomic mass is 16.5. The van der Waals surface area contributed by atoms with Crippen LogP contribution in [0.15, 0.2) is 0 Å². The van der Waals surface area contributed by atoms with E-state index < -0.39 is 12.1 Å². The molecule has 0 fully saturated rings. The fraction of sp³-hybridized carbons (Fsp3) is 0.972. The van der Waals surface area contributed by atoms with E-state index >= 15 is 0 Å². The van der Waals surface area contributed by atoms with Crippen LogP contribution in [0.5, 0.6) is 0 Å². The number of amides is 1. The van der Waals surface area contributed by atoms with Gasteiger partial charge in [0.1, 0.15) is 0 Å². The quantitative estimate of drug-likeness (QED) is 0.0417. The van der Waals surface area contributed by atoms with Gasteiger partial charge in [-0.2, -0.15) is 0 Å². The molecule has 0 aromatic carbocycles. The molecule has 0 saturated heterocycles. The predicted molar refractivity (Wildman–Crippen MR) is 338 cm³/mol. The fourth-order valence-electron chi connectivity index (χ4n) is 11.7. The average Bonchev–Trinajstić information content (AvgIpc) is 3.43. The topological polar surface area (TPSA) is 95.9 Å². The second-order valence-electron chi connectivity index (χ2n) is 24.9. The largest absolute Gasteiger partial charge is 0.466 e. The maximum Gasteiger partial charge on any atom is 0.305 e. The maximum atomic E-state index is 12.5. The van der Waals surface area contributed by atoms with E-state index in [9.17, 15) is 19.8 Å². The number of esters is 1. The number of hydrogen-bond acceptors (Lipinski definition) is 5. The molecule has 0 aliphatic heterocycles. The third-order valence-corrected chi connectivity index (χ3v) is 17.2. The number of ether oxygens (including phenoxy) is 1. The Morgan fingerprint density at radius 2 is 0.532 bits per heavy atom. The number of aliphatic hydroxyl groups is 2. The molecule has 2 atom stereocenters. The molecule has 6 heteroatoms. The third-order valence-electron chi connectivity index (χ3n) is 17.2. The summed E-state index contributed by atoms with van der Waals surface area (Å²) in [6.07, 6.45) is 81.5. The van der Waals surface area contributed by atoms with Crippen molar-refractivity contribution in [1.82, 2.24) is 5.32 Å². The second-order valence-corrected chi connectivity index (χ2v) is 24.9. The van der Waals surface area contributed by atoms with Crippen molar-refractivity contribution in [2.45, 2.75) is 431 Å². The zero-order chi connectivity index (χ0) is 55.7. The molecular formula is C71H141NO5. The Morgan fingerprint density at radius 1 is 0.312 bits per heavy atom. The Bertz CT molecular complexity index is 1120. The van der Waals surface area contributed by atoms with Gasteiger partial charge in [-0.05, 0) is 25.7 Å². The van der Waals surface area contributed by atoms with Gasteiger partial charge in [0.25, 0.3) is 0 Å². The molecule has 0 aliphatic carbocycles. The van der Waals surface area contributed by atoms with Crippen molar-refractivity contribution in [3.05, 3.63) is 0 Å². The molecule has 0 aromatic rings. The van der Waals surface area contributed by atoms with Crippen molar-refractivity contribution >= 4 is 11.9 Å². The first kappa shape index (κ1) is 75.9. The molecule has 0 radical (unpaired) electrons. The molecule has 0 aliphatic rings. The lowest BCUT2D eigenvalue weighted by Gasteiger charge is -2.22. The molecule has 0 rings (SSSR count). The van der Waals surface area contributed by atoms with Gasteiger partial charge in [-0.3, -0.25) is 9.59 Å². The molecule has 0 spiro atoms. The van der Waals surface area contributed by atoms with Crippen LogP contribution in [-0.4, -0.2) is 47.4 Å². The van der Waals surface area contributed by atoms with Gasteiger partial charge >= 0.3 is 5.97 Å². The van der Waals surface area contributed by atoms with Crippen LogP contribution in [0.25, 0.3) is 0 Å². The normalized spacial score (nSPS) is 12.4. The lowest BCUT2D eigenvalue weighted by molar-refractivity contribution is -0.143. The van der Waals surface area contributed by atoms with Gasteiger partial charge in [0, 0.05) is 12.8 Å². The van der Waals surface area contributed by atoms with Crippen molar-refractivity contribution < 1.29 is 24.5 Å². The molecule has 0 saturated carbocycles. The monoisotopic (exact) mass is 1090 g/mol. The van der Waals surface area contributed by atoms with Gasteiger partial charge in [0.15, 0.2) is 0 Å². The van der Waals surface area contributed by atoms with Gasteiger partial charge in [0.05, 0.1) is 25.4 Å². The number of carbonyl (C=O) groups is 2. The van der Waals surface area contributed by atoms with Gasteiger partial charge in [-0.1, -0.05) is 380 Å². The van der Waals surface area contributed by atoms with E-state index in [2.05, 4.69) is 19.2 Å². The Kier molecular flexibility index (Phi) is 66.4. The van der Waals surface area contributed by atoms with E-state index in [0.717, 1.165) is 38.5 Å². The first-order valence-corrected chi connectivity index (χ1v) is 35.8. The Balaban J connectivity index is 3.35. The average molecular weight is 1090 g/mol. The van der Waals surface area contributed by atoms with E-state index in [1.807, 2.05) is 0 Å². The van der Waals surface area contributed by atoms with Crippen LogP contribution in [0.4, 0.5) is 0 Å². The standard InChI is InChI=1S/C71H141NO5/c1-3-5-7-9-11-13-15-17-19-21-22-29-32-35-39-43-47-51-55-59-63-69(74)68(67-73)72-70(75)64-60-56-52-48-44-40-36-33-30-27-25-23-24-26-28-31-34-38-42-46-50-54-58-62-66-77-71(76)65-61-57-53-49-45-41-37-20-18-16-14-12-10-8-6-4-2/h68-69,73-74H,3-67H2,1-2H3,(H,72,75). The lowest BCUT2D eigenvalue weighted by atomic mass is 10.0. The van der Waals surface area contributed by atoms with Crippen LogP contribution in [0.2, 0.25) is 0 Å². The Hall–Kier alpha value is -1.14. The van der Waals surface area contributed by atoms with Crippen molar-refractivity contribution in [3.63, 3.8) is 0 Å². The molecule has 0 aromatic heterocycles. The summed E-state index contributed by atoms with van der Waals surface area (Å²) in [5.74, 6) is -0.00798. The zero-order valence-corrected chi connectivity index (χ0v) is 52.7. The van der Waals surface area contributed by atoms with Crippen LogP contribution in [0, 0.1) is 0 Å². The van der Waals surface area contributed by atoms with Crippen LogP contribution in [0.3, 0.4) is 0 Å². The van der Waals surface area contributed by atoms with E-state index in [4.69, 9.17) is 4.74 Å². The summed E-state index contributed by atoms with van der Waals surface area (Å²) >= 11 is 0. The molecule has 6 nitrogen and oxygen atoms in total. The highest BCUT2D eigenvalue weighted by molar-refractivity contribution is 5.76. The molecule has 77 heavy (non-hydrogen) atoms. The highest BCUT2D eigenvalue weighted by Crippen LogP contribution is 2.20. The summed E-state index contributed by atoms with van der Waals surface area (Å²) in [6.45, 7) is 5.01. The van der Waals surface area contributed by atoms with E-state index in [1.165, 1.54) is 347 Å². The first-order chi connectivity index (χ1) is 38.0. The van der Waals surface area contributed by atoms with Crippen molar-refractivity contribution in [1.29, 1.82) is 0 Å².